The molecule has 1 aliphatic carbocycles. The highest BCUT2D eigenvalue weighted by Crippen LogP contribution is 2.58. The number of rotatable bonds is 7. The highest BCUT2D eigenvalue weighted by Gasteiger charge is 2.78. The number of imidazole rings is 1. The number of carbonyl (C=O) groups is 4. The summed E-state index contributed by atoms with van der Waals surface area (Å²) >= 11 is 0. The quantitative estimate of drug-likeness (QED) is 0.270. The summed E-state index contributed by atoms with van der Waals surface area (Å²) in [7, 11) is 1.43. The molecule has 12 heteroatoms. The lowest BCUT2D eigenvalue weighted by Crippen LogP contribution is -2.52. The van der Waals surface area contributed by atoms with Crippen LogP contribution in [0.2, 0.25) is 0 Å². The molecule has 250 valence electrons. The molecule has 3 aliphatic rings. The van der Waals surface area contributed by atoms with Crippen molar-refractivity contribution >= 4 is 23.6 Å². The number of nitrogens with zero attached hydrogens (tertiary/aromatic N) is 4. The number of unbranched alkanes of at least 4 members (excludes halogenated alkanes) is 1. The first-order valence-electron chi connectivity index (χ1n) is 16.2. The number of hydrogen-bond acceptors (Lipinski definition) is 10. The van der Waals surface area contributed by atoms with Crippen molar-refractivity contribution in [3.63, 3.8) is 0 Å². The number of pyridine rings is 1. The molecule has 2 aliphatic heterocycles. The fourth-order valence-corrected chi connectivity index (χ4v) is 7.60. The zero-order valence-corrected chi connectivity index (χ0v) is 27.7. The molecule has 46 heavy (non-hydrogen) atoms. The van der Waals surface area contributed by atoms with E-state index in [-0.39, 0.29) is 18.1 Å². The van der Waals surface area contributed by atoms with Gasteiger partial charge >= 0.3 is 12.1 Å². The number of Topliss-reactive ketones (excluding diaryl/α,β-unsaturated/α-hetero) is 2. The summed E-state index contributed by atoms with van der Waals surface area (Å²) in [6, 6.07) is 3.13. The van der Waals surface area contributed by atoms with Crippen LogP contribution in [0, 0.1) is 29.6 Å². The number of aliphatic hydroxyl groups excluding tert-OH is 1. The van der Waals surface area contributed by atoms with Gasteiger partial charge in [-0.2, -0.15) is 0 Å². The van der Waals surface area contributed by atoms with E-state index in [0.29, 0.717) is 19.5 Å². The number of esters is 1. The summed E-state index contributed by atoms with van der Waals surface area (Å²) in [5, 5.41) is 11.3. The van der Waals surface area contributed by atoms with Gasteiger partial charge in [0.05, 0.1) is 29.8 Å². The number of aryl methyl sites for hydroxylation is 1. The van der Waals surface area contributed by atoms with Gasteiger partial charge in [0.2, 0.25) is 0 Å². The fourth-order valence-electron chi connectivity index (χ4n) is 7.60. The number of ketones is 2. The first kappa shape index (κ1) is 33.7. The Hall–Kier alpha value is -3.64. The van der Waals surface area contributed by atoms with Gasteiger partial charge in [0, 0.05) is 68.0 Å². The number of hydrogen-bond donors (Lipinski definition) is 1. The average molecular weight is 639 g/mol. The van der Waals surface area contributed by atoms with E-state index in [1.54, 1.807) is 51.3 Å². The van der Waals surface area contributed by atoms with Crippen molar-refractivity contribution in [1.82, 2.24) is 19.4 Å². The van der Waals surface area contributed by atoms with Crippen LogP contribution in [0.5, 0.6) is 0 Å². The van der Waals surface area contributed by atoms with E-state index in [9.17, 15) is 24.3 Å². The second-order valence-electron chi connectivity index (χ2n) is 13.6. The molecular formula is C34H46N4O8. The highest BCUT2D eigenvalue weighted by atomic mass is 16.6. The smallest absolute Gasteiger partial charge is 0.410 e. The molecule has 12 nitrogen and oxygen atoms in total. The molecule has 1 saturated carbocycles. The SMILES string of the molecule is CO[C@@]1(C)CC(C)C(=O)[C@H](C)[C@H]2N(CCCCn3cnc(-c4cccnc4)c3)C(=O)OC23C(OC(=O)C(C)C(=O)C(C)C1O)[C@@H]3C. The highest BCUT2D eigenvalue weighted by molar-refractivity contribution is 6.00. The van der Waals surface area contributed by atoms with Crippen LogP contribution in [0.4, 0.5) is 4.79 Å². The predicted molar refractivity (Wildman–Crippen MR) is 166 cm³/mol. The van der Waals surface area contributed by atoms with Crippen molar-refractivity contribution < 1.29 is 38.5 Å². The van der Waals surface area contributed by atoms with E-state index in [4.69, 9.17) is 14.2 Å². The summed E-state index contributed by atoms with van der Waals surface area (Å²) in [4.78, 5) is 64.3. The van der Waals surface area contributed by atoms with Crippen LogP contribution in [-0.4, -0.2) is 91.3 Å². The lowest BCUT2D eigenvalue weighted by Gasteiger charge is -2.39. The molecular weight excluding hydrogens is 592 g/mol. The summed E-state index contributed by atoms with van der Waals surface area (Å²) < 4.78 is 19.6. The minimum absolute atomic E-state index is 0.127. The van der Waals surface area contributed by atoms with Crippen LogP contribution in [-0.2, 0) is 35.1 Å². The molecule has 0 bridgehead atoms. The summed E-state index contributed by atoms with van der Waals surface area (Å²) in [6.07, 6.45) is 6.09. The maximum atomic E-state index is 14.1. The van der Waals surface area contributed by atoms with Gasteiger partial charge < -0.3 is 28.8 Å². The van der Waals surface area contributed by atoms with Crippen molar-refractivity contribution in [1.29, 1.82) is 0 Å². The third-order valence-electron chi connectivity index (χ3n) is 10.6. The zero-order chi connectivity index (χ0) is 33.6. The minimum atomic E-state index is -1.27. The van der Waals surface area contributed by atoms with E-state index in [1.165, 1.54) is 14.0 Å². The van der Waals surface area contributed by atoms with Gasteiger partial charge in [-0.15, -0.1) is 0 Å². The third-order valence-corrected chi connectivity index (χ3v) is 10.6. The molecule has 0 radical (unpaired) electrons. The zero-order valence-electron chi connectivity index (χ0n) is 27.7. The molecule has 6 unspecified atom stereocenters. The standard InChI is InChI=1S/C34H46N4O8/c1-19-15-33(6,44-7)29(41)21(3)27(40)22(4)31(42)45-30-23(5)34(30)28(20(2)26(19)39)38(32(43)46-34)14-9-8-13-37-17-25(36-18-37)24-11-10-12-35-16-24/h10-12,16-23,28-30,41H,8-9,13-15H2,1-7H3/t19?,20-,21?,22?,23-,28+,29?,30?,33-,34?/m0/s1. The fraction of sp³-hybridized carbons (Fsp3) is 0.647. The summed E-state index contributed by atoms with van der Waals surface area (Å²) in [6.45, 7) is 11.1. The van der Waals surface area contributed by atoms with Crippen LogP contribution in [0.25, 0.3) is 11.3 Å². The van der Waals surface area contributed by atoms with Crippen LogP contribution in [0.3, 0.4) is 0 Å². The molecule has 2 saturated heterocycles. The van der Waals surface area contributed by atoms with Gasteiger partial charge in [-0.25, -0.2) is 9.78 Å². The van der Waals surface area contributed by atoms with Gasteiger partial charge in [0.1, 0.15) is 11.7 Å². The van der Waals surface area contributed by atoms with Gasteiger partial charge in [-0.1, -0.05) is 27.7 Å². The lowest BCUT2D eigenvalue weighted by atomic mass is 9.75. The van der Waals surface area contributed by atoms with Crippen molar-refractivity contribution in [2.24, 2.45) is 29.6 Å². The van der Waals surface area contributed by atoms with Crippen LogP contribution < -0.4 is 0 Å². The van der Waals surface area contributed by atoms with Gasteiger partial charge in [0.15, 0.2) is 17.5 Å². The van der Waals surface area contributed by atoms with Crippen molar-refractivity contribution in [3.8, 4) is 11.3 Å². The van der Waals surface area contributed by atoms with Gasteiger partial charge in [-0.05, 0) is 45.2 Å². The largest absolute Gasteiger partial charge is 0.457 e. The van der Waals surface area contributed by atoms with E-state index >= 15 is 0 Å². The Morgan fingerprint density at radius 1 is 1.04 bits per heavy atom. The minimum Gasteiger partial charge on any atom is -0.457 e. The molecule has 1 amide bonds. The van der Waals surface area contributed by atoms with E-state index in [2.05, 4.69) is 9.97 Å². The Morgan fingerprint density at radius 3 is 2.43 bits per heavy atom. The number of ether oxygens (including phenoxy) is 3. The molecule has 3 fully saturated rings. The monoisotopic (exact) mass is 638 g/mol. The Kier molecular flexibility index (Phi) is 9.43. The van der Waals surface area contributed by atoms with E-state index < -0.39 is 71.0 Å². The molecule has 5 rings (SSSR count). The third kappa shape index (κ3) is 5.85. The molecule has 2 aromatic rings. The number of methoxy groups -OCH3 is 1. The summed E-state index contributed by atoms with van der Waals surface area (Å²) in [5.74, 6) is -5.07. The van der Waals surface area contributed by atoms with Crippen molar-refractivity contribution in [2.75, 3.05) is 13.7 Å². The van der Waals surface area contributed by atoms with Gasteiger partial charge in [-0.3, -0.25) is 19.4 Å². The van der Waals surface area contributed by atoms with Crippen LogP contribution in [0.15, 0.2) is 37.1 Å². The van der Waals surface area contributed by atoms with Crippen molar-refractivity contribution in [3.05, 3.63) is 37.1 Å². The molecule has 1 spiro atoms. The number of carbonyl (C=O) groups excluding carboxylic acids is 4. The van der Waals surface area contributed by atoms with Crippen LogP contribution in [0.1, 0.15) is 60.8 Å². The Morgan fingerprint density at radius 2 is 1.76 bits per heavy atom. The molecule has 0 aromatic carbocycles. The molecule has 1 N–H and O–H groups in total. The maximum Gasteiger partial charge on any atom is 0.410 e. The Labute approximate surface area is 269 Å². The first-order chi connectivity index (χ1) is 21.8. The normalized spacial score (nSPS) is 36.8. The topological polar surface area (TPSA) is 150 Å². The Balaban J connectivity index is 1.37. The average Bonchev–Trinajstić information content (AvgIpc) is 3.36. The molecule has 10 atom stereocenters. The number of aromatic nitrogens is 3. The number of aliphatic hydroxyl groups is 1. The molecule has 2 aromatic heterocycles. The van der Waals surface area contributed by atoms with Crippen LogP contribution >= 0.6 is 0 Å². The number of amides is 1. The van der Waals surface area contributed by atoms with E-state index in [0.717, 1.165) is 17.7 Å². The van der Waals surface area contributed by atoms with Gasteiger partial charge in [0.25, 0.3) is 0 Å². The first-order valence-corrected chi connectivity index (χ1v) is 16.2. The second kappa shape index (κ2) is 12.9. The van der Waals surface area contributed by atoms with E-state index in [1.807, 2.05) is 29.8 Å². The second-order valence-corrected chi connectivity index (χ2v) is 13.6. The summed E-state index contributed by atoms with van der Waals surface area (Å²) in [5.41, 5.74) is -0.690. The predicted octanol–water partition coefficient (Wildman–Crippen LogP) is 3.70. The lowest BCUT2D eigenvalue weighted by molar-refractivity contribution is -0.162. The van der Waals surface area contributed by atoms with Crippen molar-refractivity contribution in [2.45, 2.75) is 96.8 Å². The maximum absolute atomic E-state index is 14.1. The molecule has 4 heterocycles. The Bertz CT molecular complexity index is 1460.